The first-order chi connectivity index (χ1) is 3.81. The lowest BCUT2D eigenvalue weighted by Crippen LogP contribution is -2.56. The lowest BCUT2D eigenvalue weighted by molar-refractivity contribution is -0.177. The highest BCUT2D eigenvalue weighted by Gasteiger charge is 2.46. The molecule has 4 N–H and O–H groups in total. The average molecular weight is 142 g/mol. The summed E-state index contributed by atoms with van der Waals surface area (Å²) in [6, 6.07) is 0. The van der Waals surface area contributed by atoms with E-state index in [1.807, 2.05) is 0 Å². The predicted octanol–water partition coefficient (Wildman–Crippen LogP) is 0.225. The van der Waals surface area contributed by atoms with Gasteiger partial charge in [-0.3, -0.25) is 0 Å². The predicted molar refractivity (Wildman–Crippen MR) is 27.7 cm³/mol. The molecule has 0 aliphatic rings. The van der Waals surface area contributed by atoms with Gasteiger partial charge in [0.2, 0.25) is 0 Å². The zero-order valence-corrected chi connectivity index (χ0v) is 5.00. The van der Waals surface area contributed by atoms with Crippen LogP contribution in [-0.2, 0) is 0 Å². The first kappa shape index (κ1) is 8.71. The number of nitrogens with two attached hydrogens (primary N) is 2. The number of halogens is 3. The van der Waals surface area contributed by atoms with E-state index in [9.17, 15) is 13.2 Å². The molecule has 0 aromatic carbocycles. The Morgan fingerprint density at radius 1 is 1.33 bits per heavy atom. The zero-order chi connectivity index (χ0) is 7.71. The van der Waals surface area contributed by atoms with Gasteiger partial charge in [0.25, 0.3) is 0 Å². The number of alkyl halides is 3. The van der Waals surface area contributed by atoms with Crippen molar-refractivity contribution in [3.05, 3.63) is 0 Å². The van der Waals surface area contributed by atoms with Crippen LogP contribution >= 0.6 is 0 Å². The van der Waals surface area contributed by atoms with E-state index in [-0.39, 0.29) is 0 Å². The van der Waals surface area contributed by atoms with Gasteiger partial charge in [0.05, 0.1) is 0 Å². The van der Waals surface area contributed by atoms with Crippen LogP contribution < -0.4 is 11.5 Å². The molecule has 0 amide bonds. The Morgan fingerprint density at radius 3 is 1.67 bits per heavy atom. The van der Waals surface area contributed by atoms with Crippen LogP contribution in [0.15, 0.2) is 0 Å². The number of hydrogen-bond donors (Lipinski definition) is 2. The van der Waals surface area contributed by atoms with Crippen molar-refractivity contribution in [2.75, 3.05) is 6.54 Å². The van der Waals surface area contributed by atoms with E-state index >= 15 is 0 Å². The molecule has 0 aliphatic heterocycles. The van der Waals surface area contributed by atoms with Crippen molar-refractivity contribution in [3.8, 4) is 0 Å². The van der Waals surface area contributed by atoms with Crippen molar-refractivity contribution in [3.63, 3.8) is 0 Å². The molecule has 0 heterocycles. The monoisotopic (exact) mass is 142 g/mol. The minimum absolute atomic E-state index is 0.587. The van der Waals surface area contributed by atoms with Crippen LogP contribution in [0.3, 0.4) is 0 Å². The molecule has 0 bridgehead atoms. The molecule has 0 saturated heterocycles. The van der Waals surface area contributed by atoms with E-state index in [0.717, 1.165) is 6.92 Å². The largest absolute Gasteiger partial charge is 0.407 e. The molecule has 2 nitrogen and oxygen atoms in total. The van der Waals surface area contributed by atoms with Gasteiger partial charge in [-0.25, -0.2) is 0 Å². The van der Waals surface area contributed by atoms with Crippen LogP contribution in [0.1, 0.15) is 6.92 Å². The number of rotatable bonds is 1. The van der Waals surface area contributed by atoms with Crippen LogP contribution in [-0.4, -0.2) is 18.3 Å². The van der Waals surface area contributed by atoms with Gasteiger partial charge in [0, 0.05) is 6.54 Å². The maximum absolute atomic E-state index is 11.6. The van der Waals surface area contributed by atoms with Crippen molar-refractivity contribution in [1.82, 2.24) is 0 Å². The minimum Gasteiger partial charge on any atom is -0.328 e. The molecule has 9 heavy (non-hydrogen) atoms. The molecule has 0 aliphatic carbocycles. The molecule has 0 aromatic heterocycles. The van der Waals surface area contributed by atoms with Crippen LogP contribution in [0.4, 0.5) is 13.2 Å². The quantitative estimate of drug-likeness (QED) is 0.550. The van der Waals surface area contributed by atoms with Gasteiger partial charge >= 0.3 is 6.18 Å². The van der Waals surface area contributed by atoms with Crippen LogP contribution in [0, 0.1) is 0 Å². The summed E-state index contributed by atoms with van der Waals surface area (Å²) in [5.41, 5.74) is 7.25. The van der Waals surface area contributed by atoms with Gasteiger partial charge in [-0.05, 0) is 6.92 Å². The second-order valence-corrected chi connectivity index (χ2v) is 2.12. The second-order valence-electron chi connectivity index (χ2n) is 2.12. The Kier molecular flexibility index (Phi) is 2.08. The van der Waals surface area contributed by atoms with Gasteiger partial charge in [0.1, 0.15) is 5.54 Å². The highest BCUT2D eigenvalue weighted by atomic mass is 19.4. The van der Waals surface area contributed by atoms with Crippen molar-refractivity contribution in [1.29, 1.82) is 0 Å². The Balaban J connectivity index is 4.14. The fraction of sp³-hybridized carbons (Fsp3) is 1.00. The van der Waals surface area contributed by atoms with E-state index in [1.54, 1.807) is 0 Å². The summed E-state index contributed by atoms with van der Waals surface area (Å²) in [5.74, 6) is 0. The maximum Gasteiger partial charge on any atom is 0.407 e. The lowest BCUT2D eigenvalue weighted by atomic mass is 10.1. The molecule has 0 rings (SSSR count). The fourth-order valence-corrected chi connectivity index (χ4v) is 0.116. The normalized spacial score (nSPS) is 19.3. The van der Waals surface area contributed by atoms with Crippen molar-refractivity contribution in [2.45, 2.75) is 18.6 Å². The third-order valence-corrected chi connectivity index (χ3v) is 1.07. The summed E-state index contributed by atoms with van der Waals surface area (Å²) >= 11 is 0. The molecular weight excluding hydrogens is 133 g/mol. The summed E-state index contributed by atoms with van der Waals surface area (Å²) in [6.45, 7) is 0.267. The third kappa shape index (κ3) is 1.83. The smallest absolute Gasteiger partial charge is 0.328 e. The molecule has 0 radical (unpaired) electrons. The first-order valence-corrected chi connectivity index (χ1v) is 2.37. The van der Waals surface area contributed by atoms with Gasteiger partial charge in [-0.15, -0.1) is 0 Å². The highest BCUT2D eigenvalue weighted by molar-refractivity contribution is 4.87. The number of hydrogen-bond acceptors (Lipinski definition) is 2. The molecule has 1 atom stereocenters. The Bertz CT molecular complexity index is 96.5. The molecule has 5 heteroatoms. The molecule has 0 fully saturated rings. The fourth-order valence-electron chi connectivity index (χ4n) is 0.116. The lowest BCUT2D eigenvalue weighted by Gasteiger charge is -2.25. The van der Waals surface area contributed by atoms with E-state index < -0.39 is 18.3 Å². The first-order valence-electron chi connectivity index (χ1n) is 2.37. The summed E-state index contributed by atoms with van der Waals surface area (Å²) in [7, 11) is 0. The van der Waals surface area contributed by atoms with Gasteiger partial charge in [-0.1, -0.05) is 0 Å². The molecular formula is C4H9F3N2. The maximum atomic E-state index is 11.6. The van der Waals surface area contributed by atoms with Gasteiger partial charge in [-0.2, -0.15) is 13.2 Å². The Hall–Kier alpha value is -0.290. The zero-order valence-electron chi connectivity index (χ0n) is 5.00. The molecule has 0 saturated carbocycles. The van der Waals surface area contributed by atoms with Crippen molar-refractivity contribution in [2.24, 2.45) is 11.5 Å². The third-order valence-electron chi connectivity index (χ3n) is 1.07. The van der Waals surface area contributed by atoms with Crippen LogP contribution in [0.25, 0.3) is 0 Å². The summed E-state index contributed by atoms with van der Waals surface area (Å²) in [4.78, 5) is 0. The van der Waals surface area contributed by atoms with E-state index in [1.165, 1.54) is 0 Å². The van der Waals surface area contributed by atoms with Crippen molar-refractivity contribution >= 4 is 0 Å². The minimum atomic E-state index is -4.40. The summed E-state index contributed by atoms with van der Waals surface area (Å²) in [6.07, 6.45) is -4.40. The van der Waals surface area contributed by atoms with Gasteiger partial charge < -0.3 is 11.5 Å². The van der Waals surface area contributed by atoms with E-state index in [0.29, 0.717) is 0 Å². The SMILES string of the molecule is CC(N)(CN)C(F)(F)F. The van der Waals surface area contributed by atoms with E-state index in [4.69, 9.17) is 11.5 Å². The molecule has 0 aromatic rings. The summed E-state index contributed by atoms with van der Waals surface area (Å²) < 4.78 is 34.9. The molecule has 0 spiro atoms. The molecule has 1 unspecified atom stereocenters. The standard InChI is InChI=1S/C4H9F3N2/c1-3(9,2-8)4(5,6)7/h2,8-9H2,1H3. The van der Waals surface area contributed by atoms with Crippen LogP contribution in [0.2, 0.25) is 0 Å². The molecule has 56 valence electrons. The highest BCUT2D eigenvalue weighted by Crippen LogP contribution is 2.26. The van der Waals surface area contributed by atoms with Crippen molar-refractivity contribution < 1.29 is 13.2 Å². The van der Waals surface area contributed by atoms with Gasteiger partial charge in [0.15, 0.2) is 0 Å². The average Bonchev–Trinajstić information content (AvgIpc) is 1.64. The Morgan fingerprint density at radius 2 is 1.67 bits per heavy atom. The Labute approximate surface area is 51.0 Å². The van der Waals surface area contributed by atoms with Crippen LogP contribution in [0.5, 0.6) is 0 Å². The van der Waals surface area contributed by atoms with E-state index in [2.05, 4.69) is 0 Å². The topological polar surface area (TPSA) is 52.0 Å². The summed E-state index contributed by atoms with van der Waals surface area (Å²) in [5, 5.41) is 0. The second kappa shape index (κ2) is 2.15.